The zero-order valence-electron chi connectivity index (χ0n) is 8.66. The third-order valence-corrected chi connectivity index (χ3v) is 2.52. The third-order valence-electron chi connectivity index (χ3n) is 0.440. The second kappa shape index (κ2) is 11.3. The smallest absolute Gasteiger partial charge is 0.789 e. The largest absolute Gasteiger partial charge is 1.00 e. The summed E-state index contributed by atoms with van der Waals surface area (Å²) in [6, 6.07) is 0. The van der Waals surface area contributed by atoms with E-state index in [-0.39, 0.29) is 110 Å². The fraction of sp³-hybridized carbons (Fsp3) is 0.500. The Morgan fingerprint density at radius 2 is 1.47 bits per heavy atom. The van der Waals surface area contributed by atoms with E-state index in [1.54, 1.807) is 0 Å². The molecule has 0 aliphatic rings. The minimum atomic E-state index is -5.70. The molecule has 0 aromatic rings. The maximum atomic E-state index is 10.2. The molecule has 0 saturated heterocycles. The SMILES string of the molecule is CC(=O)OP(=O)([O-])OP(=O)([O-])[O-].[K+].[Na+].[Na+]. The van der Waals surface area contributed by atoms with Crippen molar-refractivity contribution in [3.63, 3.8) is 0 Å². The van der Waals surface area contributed by atoms with E-state index in [1.807, 2.05) is 0 Å². The fourth-order valence-electron chi connectivity index (χ4n) is 0.297. The van der Waals surface area contributed by atoms with Crippen molar-refractivity contribution in [3.8, 4) is 0 Å². The van der Waals surface area contributed by atoms with Gasteiger partial charge in [-0.05, 0) is 0 Å². The molecule has 0 aliphatic heterocycles. The first-order valence-corrected chi connectivity index (χ1v) is 5.29. The van der Waals surface area contributed by atoms with E-state index in [0.29, 0.717) is 6.92 Å². The summed E-state index contributed by atoms with van der Waals surface area (Å²) in [5.41, 5.74) is 0. The molecule has 13 heteroatoms. The van der Waals surface area contributed by atoms with Crippen LogP contribution in [0.3, 0.4) is 0 Å². The molecule has 72 valence electrons. The molecule has 0 heterocycles. The summed E-state index contributed by atoms with van der Waals surface area (Å²) in [5.74, 6) is -1.30. The van der Waals surface area contributed by atoms with Gasteiger partial charge in [0.25, 0.3) is 0 Å². The van der Waals surface area contributed by atoms with Gasteiger partial charge in [0, 0.05) is 6.92 Å². The van der Waals surface area contributed by atoms with Crippen LogP contribution < -0.4 is 125 Å². The van der Waals surface area contributed by atoms with Crippen LogP contribution in [0.1, 0.15) is 6.92 Å². The monoisotopic (exact) mass is 302 g/mol. The average molecular weight is 302 g/mol. The first-order valence-electron chi connectivity index (χ1n) is 2.37. The van der Waals surface area contributed by atoms with Crippen molar-refractivity contribution in [2.24, 2.45) is 0 Å². The average Bonchev–Trinajstić information content (AvgIpc) is 1.48. The van der Waals surface area contributed by atoms with Crippen molar-refractivity contribution in [2.45, 2.75) is 6.92 Å². The van der Waals surface area contributed by atoms with Gasteiger partial charge < -0.3 is 23.8 Å². The minimum absolute atomic E-state index is 0. The predicted octanol–water partition coefficient (Wildman–Crippen LogP) is -11.1. The maximum absolute atomic E-state index is 10.2. The Hall–Kier alpha value is 3.41. The van der Waals surface area contributed by atoms with Gasteiger partial charge in [-0.1, -0.05) is 0 Å². The molecule has 0 N–H and O–H groups in total. The number of rotatable bonds is 3. The van der Waals surface area contributed by atoms with Crippen LogP contribution in [-0.4, -0.2) is 5.97 Å². The second-order valence-corrected chi connectivity index (χ2v) is 4.18. The number of hydrogen-bond acceptors (Lipinski definition) is 8. The molecule has 0 rings (SSSR count). The molecule has 0 bridgehead atoms. The molecule has 0 aliphatic carbocycles. The summed E-state index contributed by atoms with van der Waals surface area (Å²) in [6.07, 6.45) is 0. The van der Waals surface area contributed by atoms with Crippen molar-refractivity contribution in [1.29, 1.82) is 0 Å². The molecule has 0 spiro atoms. The molecule has 0 aromatic heterocycles. The zero-order chi connectivity index (χ0) is 9.99. The summed E-state index contributed by atoms with van der Waals surface area (Å²) >= 11 is 0. The molecule has 1 atom stereocenters. The van der Waals surface area contributed by atoms with Gasteiger partial charge >= 0.3 is 124 Å². The van der Waals surface area contributed by atoms with Gasteiger partial charge in [-0.25, -0.2) is 0 Å². The second-order valence-electron chi connectivity index (χ2n) is 1.56. The standard InChI is InChI=1S/C2H6O8P2.K.2Na/c1-2(3)9-12(7,8)10-11(4,5)6;;;/h1H3,(H,7,8)(H2,4,5,6);;;/q;3*+1/p-3. The number of phosphoric ester groups is 1. The van der Waals surface area contributed by atoms with E-state index in [4.69, 9.17) is 0 Å². The van der Waals surface area contributed by atoms with Gasteiger partial charge in [-0.15, -0.1) is 0 Å². The van der Waals surface area contributed by atoms with Crippen LogP contribution >= 0.6 is 15.6 Å². The Morgan fingerprint density at radius 1 is 1.13 bits per heavy atom. The molecule has 0 amide bonds. The van der Waals surface area contributed by atoms with Gasteiger partial charge in [0.05, 0.1) is 7.82 Å². The van der Waals surface area contributed by atoms with E-state index < -0.39 is 21.6 Å². The van der Waals surface area contributed by atoms with Crippen molar-refractivity contribution < 1.29 is 148 Å². The number of phosphoric acid groups is 2. The van der Waals surface area contributed by atoms with E-state index in [9.17, 15) is 28.6 Å². The third kappa shape index (κ3) is 19.9. The maximum Gasteiger partial charge on any atom is 1.00 e. The van der Waals surface area contributed by atoms with Gasteiger partial charge in [0.1, 0.15) is 0 Å². The molecule has 0 fully saturated rings. The number of hydrogen-bond donors (Lipinski definition) is 0. The van der Waals surface area contributed by atoms with E-state index in [0.717, 1.165) is 0 Å². The summed E-state index contributed by atoms with van der Waals surface area (Å²) in [5, 5.41) is 0. The number of carbonyl (C=O) groups excluding carboxylic acids is 1. The van der Waals surface area contributed by atoms with E-state index in [1.165, 1.54) is 0 Å². The van der Waals surface area contributed by atoms with E-state index in [2.05, 4.69) is 8.83 Å². The minimum Gasteiger partial charge on any atom is -0.789 e. The van der Waals surface area contributed by atoms with Crippen molar-refractivity contribution in [2.75, 3.05) is 0 Å². The molecule has 8 nitrogen and oxygen atoms in total. The summed E-state index contributed by atoms with van der Waals surface area (Å²) in [4.78, 5) is 39.7. The number of carbonyl (C=O) groups is 1. The van der Waals surface area contributed by atoms with Crippen LogP contribution in [0, 0.1) is 0 Å². The Bertz CT molecular complexity index is 276. The Kier molecular flexibility index (Phi) is 20.2. The predicted molar refractivity (Wildman–Crippen MR) is 28.1 cm³/mol. The Labute approximate surface area is 173 Å². The Morgan fingerprint density at radius 3 is 1.67 bits per heavy atom. The molecule has 0 aromatic carbocycles. The first-order chi connectivity index (χ1) is 5.12. The summed E-state index contributed by atoms with van der Waals surface area (Å²) in [6.45, 7) is 0.703. The van der Waals surface area contributed by atoms with Crippen molar-refractivity contribution in [3.05, 3.63) is 0 Å². The topological polar surface area (TPSA) is 139 Å². The summed E-state index contributed by atoms with van der Waals surface area (Å²) in [7, 11) is -11.1. The molecule has 1 unspecified atom stereocenters. The first kappa shape index (κ1) is 26.9. The van der Waals surface area contributed by atoms with Crippen molar-refractivity contribution in [1.82, 2.24) is 0 Å². The van der Waals surface area contributed by atoms with Crippen LogP contribution in [0.4, 0.5) is 0 Å². The van der Waals surface area contributed by atoms with Crippen LogP contribution in [0.15, 0.2) is 0 Å². The van der Waals surface area contributed by atoms with Gasteiger partial charge in [-0.3, -0.25) is 13.7 Å². The molecular weight excluding hydrogens is 299 g/mol. The van der Waals surface area contributed by atoms with Gasteiger partial charge in [0.2, 0.25) is 0 Å². The molecular formula is C2H3KNa2O8P2. The fourth-order valence-corrected chi connectivity index (χ4v) is 1.72. The molecule has 0 radical (unpaired) electrons. The van der Waals surface area contributed by atoms with Crippen LogP contribution in [0.5, 0.6) is 0 Å². The van der Waals surface area contributed by atoms with Crippen LogP contribution in [-0.2, 0) is 22.8 Å². The van der Waals surface area contributed by atoms with Crippen molar-refractivity contribution >= 4 is 21.6 Å². The molecule has 0 saturated carbocycles. The van der Waals surface area contributed by atoms with Crippen LogP contribution in [0.2, 0.25) is 0 Å². The Balaban J connectivity index is -0.000000202. The quantitative estimate of drug-likeness (QED) is 0.370. The molecule has 15 heavy (non-hydrogen) atoms. The summed E-state index contributed by atoms with van der Waals surface area (Å²) < 4.78 is 26.3. The van der Waals surface area contributed by atoms with E-state index >= 15 is 0 Å². The van der Waals surface area contributed by atoms with Gasteiger partial charge in [-0.2, -0.15) is 0 Å². The normalized spacial score (nSPS) is 13.3. The van der Waals surface area contributed by atoms with Gasteiger partial charge in [0.15, 0.2) is 0 Å². The zero-order valence-corrected chi connectivity index (χ0v) is 17.6. The van der Waals surface area contributed by atoms with Crippen LogP contribution in [0.25, 0.3) is 0 Å².